The molecule has 1 aromatic heterocycles. The van der Waals surface area contributed by atoms with Crippen LogP contribution in [0.4, 0.5) is 0 Å². The van der Waals surface area contributed by atoms with Gasteiger partial charge in [0.1, 0.15) is 11.5 Å². The van der Waals surface area contributed by atoms with E-state index in [2.05, 4.69) is 40.8 Å². The predicted molar refractivity (Wildman–Crippen MR) is 94.1 cm³/mol. The first kappa shape index (κ1) is 16.6. The van der Waals surface area contributed by atoms with Gasteiger partial charge in [-0.2, -0.15) is 0 Å². The number of aryl methyl sites for hydroxylation is 1. The molecule has 3 atom stereocenters. The molecule has 0 unspecified atom stereocenters. The van der Waals surface area contributed by atoms with Crippen LogP contribution in [0.25, 0.3) is 0 Å². The Kier molecular flexibility index (Phi) is 4.95. The summed E-state index contributed by atoms with van der Waals surface area (Å²) in [6.45, 7) is 9.80. The summed E-state index contributed by atoms with van der Waals surface area (Å²) < 4.78 is 12.2. The number of ether oxygens (including phenoxy) is 1. The van der Waals surface area contributed by atoms with Crippen LogP contribution in [-0.2, 0) is 17.7 Å². The molecule has 0 bridgehead atoms. The average molecular weight is 333 g/mol. The summed E-state index contributed by atoms with van der Waals surface area (Å²) in [5.74, 6) is 2.20. The van der Waals surface area contributed by atoms with Crippen LogP contribution in [0, 0.1) is 0 Å². The average Bonchev–Trinajstić information content (AvgIpc) is 3.21. The molecule has 24 heavy (non-hydrogen) atoms. The second kappa shape index (κ2) is 7.16. The van der Waals surface area contributed by atoms with Crippen molar-refractivity contribution in [1.82, 2.24) is 14.7 Å². The third kappa shape index (κ3) is 3.27. The molecule has 0 N–H and O–H groups in total. The van der Waals surface area contributed by atoms with Crippen molar-refractivity contribution < 1.29 is 9.15 Å². The Hall–Kier alpha value is -0.880. The fourth-order valence-electron chi connectivity index (χ4n) is 4.58. The van der Waals surface area contributed by atoms with Gasteiger partial charge in [0.05, 0.1) is 18.7 Å². The lowest BCUT2D eigenvalue weighted by molar-refractivity contribution is -0.0469. The Morgan fingerprint density at radius 3 is 2.62 bits per heavy atom. The second-order valence-electron chi connectivity index (χ2n) is 7.60. The van der Waals surface area contributed by atoms with Crippen molar-refractivity contribution in [2.75, 3.05) is 46.4 Å². The molecule has 5 nitrogen and oxygen atoms in total. The smallest absolute Gasteiger partial charge is 0.118 e. The number of fused-ring (bicyclic) bond motifs is 1. The van der Waals surface area contributed by atoms with Crippen molar-refractivity contribution in [3.8, 4) is 0 Å². The molecular weight excluding hydrogens is 302 g/mol. The topological polar surface area (TPSA) is 32.1 Å². The quantitative estimate of drug-likeness (QED) is 0.839. The van der Waals surface area contributed by atoms with E-state index in [-0.39, 0.29) is 0 Å². The molecule has 3 aliphatic heterocycles. The third-order valence-electron chi connectivity index (χ3n) is 6.04. The van der Waals surface area contributed by atoms with E-state index in [4.69, 9.17) is 9.15 Å². The zero-order valence-corrected chi connectivity index (χ0v) is 15.1. The van der Waals surface area contributed by atoms with Gasteiger partial charge in [-0.1, -0.05) is 6.92 Å². The van der Waals surface area contributed by atoms with Gasteiger partial charge in [-0.15, -0.1) is 0 Å². The Morgan fingerprint density at radius 2 is 1.88 bits per heavy atom. The Morgan fingerprint density at radius 1 is 1.08 bits per heavy atom. The number of hydrogen-bond donors (Lipinski definition) is 0. The lowest BCUT2D eigenvalue weighted by Crippen LogP contribution is -2.54. The standard InChI is InChI=1S/C19H31N3O2/c1-3-15-6-7-16(24-15)13-22-14-18(19-17(22)5-4-12-23-19)21-10-8-20(2)9-11-21/h6-7,17-19H,3-5,8-14H2,1-2H3/t17-,18-,19+/m0/s1. The van der Waals surface area contributed by atoms with E-state index < -0.39 is 0 Å². The number of piperazine rings is 1. The monoisotopic (exact) mass is 333 g/mol. The highest BCUT2D eigenvalue weighted by Crippen LogP contribution is 2.33. The third-order valence-corrected chi connectivity index (χ3v) is 6.04. The molecule has 3 aliphatic rings. The molecule has 5 heteroatoms. The summed E-state index contributed by atoms with van der Waals surface area (Å²) in [6, 6.07) is 5.38. The summed E-state index contributed by atoms with van der Waals surface area (Å²) >= 11 is 0. The second-order valence-corrected chi connectivity index (χ2v) is 7.60. The van der Waals surface area contributed by atoms with Crippen molar-refractivity contribution in [1.29, 1.82) is 0 Å². The minimum atomic E-state index is 0.378. The first-order valence-electron chi connectivity index (χ1n) is 9.60. The number of likely N-dealkylation sites (tertiary alicyclic amines) is 1. The van der Waals surface area contributed by atoms with Crippen LogP contribution >= 0.6 is 0 Å². The van der Waals surface area contributed by atoms with E-state index in [9.17, 15) is 0 Å². The Balaban J connectivity index is 1.46. The molecule has 3 fully saturated rings. The van der Waals surface area contributed by atoms with Crippen LogP contribution in [-0.4, -0.2) is 79.3 Å². The molecule has 4 rings (SSSR count). The van der Waals surface area contributed by atoms with Crippen LogP contribution in [0.15, 0.2) is 16.5 Å². The van der Waals surface area contributed by atoms with Crippen molar-refractivity contribution in [3.63, 3.8) is 0 Å². The molecule has 0 aromatic carbocycles. The number of nitrogens with zero attached hydrogens (tertiary/aromatic N) is 3. The number of likely N-dealkylation sites (N-methyl/N-ethyl adjacent to an activating group) is 1. The van der Waals surface area contributed by atoms with Gasteiger partial charge in [-0.25, -0.2) is 0 Å². The van der Waals surface area contributed by atoms with Gasteiger partial charge in [-0.3, -0.25) is 9.80 Å². The molecule has 0 amide bonds. The van der Waals surface area contributed by atoms with Gasteiger partial charge in [0.2, 0.25) is 0 Å². The van der Waals surface area contributed by atoms with Crippen LogP contribution in [0.5, 0.6) is 0 Å². The van der Waals surface area contributed by atoms with Crippen LogP contribution in [0.2, 0.25) is 0 Å². The fourth-order valence-corrected chi connectivity index (χ4v) is 4.58. The fraction of sp³-hybridized carbons (Fsp3) is 0.789. The highest BCUT2D eigenvalue weighted by molar-refractivity contribution is 5.09. The normalized spacial score (nSPS) is 33.0. The first-order valence-corrected chi connectivity index (χ1v) is 9.60. The van der Waals surface area contributed by atoms with Crippen molar-refractivity contribution in [3.05, 3.63) is 23.7 Å². The summed E-state index contributed by atoms with van der Waals surface area (Å²) in [7, 11) is 2.22. The molecule has 0 radical (unpaired) electrons. The lowest BCUT2D eigenvalue weighted by atomic mass is 9.99. The maximum atomic E-state index is 6.26. The molecule has 0 spiro atoms. The van der Waals surface area contributed by atoms with E-state index in [1.54, 1.807) is 0 Å². The maximum absolute atomic E-state index is 6.26. The van der Waals surface area contributed by atoms with E-state index >= 15 is 0 Å². The Labute approximate surface area is 145 Å². The molecule has 4 heterocycles. The number of hydrogen-bond acceptors (Lipinski definition) is 5. The van der Waals surface area contributed by atoms with E-state index in [0.717, 1.165) is 37.6 Å². The minimum Gasteiger partial charge on any atom is -0.465 e. The zero-order chi connectivity index (χ0) is 16.5. The molecule has 3 saturated heterocycles. The molecule has 134 valence electrons. The molecule has 1 aromatic rings. The van der Waals surface area contributed by atoms with Gasteiger partial charge in [0, 0.05) is 51.8 Å². The van der Waals surface area contributed by atoms with Crippen molar-refractivity contribution in [2.45, 2.75) is 50.9 Å². The van der Waals surface area contributed by atoms with Crippen molar-refractivity contribution >= 4 is 0 Å². The van der Waals surface area contributed by atoms with Gasteiger partial charge in [0.25, 0.3) is 0 Å². The predicted octanol–water partition coefficient (Wildman–Crippen LogP) is 1.82. The highest BCUT2D eigenvalue weighted by atomic mass is 16.5. The highest BCUT2D eigenvalue weighted by Gasteiger charge is 2.46. The van der Waals surface area contributed by atoms with Crippen LogP contribution < -0.4 is 0 Å². The first-order chi connectivity index (χ1) is 11.7. The summed E-state index contributed by atoms with van der Waals surface area (Å²) in [4.78, 5) is 7.71. The summed E-state index contributed by atoms with van der Waals surface area (Å²) in [5, 5.41) is 0. The van der Waals surface area contributed by atoms with E-state index in [1.807, 2.05) is 0 Å². The number of furan rings is 1. The maximum Gasteiger partial charge on any atom is 0.118 e. The largest absolute Gasteiger partial charge is 0.465 e. The van der Waals surface area contributed by atoms with Crippen molar-refractivity contribution in [2.24, 2.45) is 0 Å². The lowest BCUT2D eigenvalue weighted by Gasteiger charge is -2.39. The summed E-state index contributed by atoms with van der Waals surface area (Å²) in [6.07, 6.45) is 3.80. The van der Waals surface area contributed by atoms with E-state index in [1.165, 1.54) is 39.0 Å². The van der Waals surface area contributed by atoms with Gasteiger partial charge in [-0.05, 0) is 32.0 Å². The van der Waals surface area contributed by atoms with Gasteiger partial charge < -0.3 is 14.1 Å². The zero-order valence-electron chi connectivity index (χ0n) is 15.1. The van der Waals surface area contributed by atoms with Gasteiger partial charge >= 0.3 is 0 Å². The van der Waals surface area contributed by atoms with E-state index in [0.29, 0.717) is 18.2 Å². The summed E-state index contributed by atoms with van der Waals surface area (Å²) in [5.41, 5.74) is 0. The SMILES string of the molecule is CCc1ccc(CN2C[C@H](N3CCN(C)CC3)[C@@H]3OCCC[C@@H]32)o1. The molecule has 0 aliphatic carbocycles. The molecule has 0 saturated carbocycles. The van der Waals surface area contributed by atoms with Crippen LogP contribution in [0.3, 0.4) is 0 Å². The molecular formula is C19H31N3O2. The Bertz CT molecular complexity index is 538. The minimum absolute atomic E-state index is 0.378. The van der Waals surface area contributed by atoms with Crippen LogP contribution in [0.1, 0.15) is 31.3 Å². The van der Waals surface area contributed by atoms with Gasteiger partial charge in [0.15, 0.2) is 0 Å². The number of rotatable bonds is 4.